The van der Waals surface area contributed by atoms with Crippen LogP contribution < -0.4 is 10.6 Å². The Hall–Kier alpha value is -3.87. The zero-order valence-corrected chi connectivity index (χ0v) is 16.2. The van der Waals surface area contributed by atoms with Gasteiger partial charge < -0.3 is 15.1 Å². The lowest BCUT2D eigenvalue weighted by Gasteiger charge is -2.20. The van der Waals surface area contributed by atoms with Crippen molar-refractivity contribution in [3.8, 4) is 11.1 Å². The van der Waals surface area contributed by atoms with Crippen LogP contribution in [0.1, 0.15) is 29.9 Å². The molecule has 0 spiro atoms. The standard InChI is InChI=1S/C23H19N3O4/c1-23(18-11-6-12-30-18)21(28)26(22(29)25-23)13-19(27)24-20-16-9-4-2-7-14(16)15-8-3-5-10-17(15)20/h2-12,20H,13H2,1H3,(H,24,27)(H,25,29)/t23-/m0/s1. The molecule has 1 aliphatic heterocycles. The van der Waals surface area contributed by atoms with Gasteiger partial charge in [-0.3, -0.25) is 14.5 Å². The highest BCUT2D eigenvalue weighted by Crippen LogP contribution is 2.43. The summed E-state index contributed by atoms with van der Waals surface area (Å²) >= 11 is 0. The molecule has 0 radical (unpaired) electrons. The fraction of sp³-hybridized carbons (Fsp3) is 0.174. The Balaban J connectivity index is 1.37. The maximum atomic E-state index is 12.9. The number of fused-ring (bicyclic) bond motifs is 3. The van der Waals surface area contributed by atoms with Crippen LogP contribution in [-0.4, -0.2) is 29.3 Å². The van der Waals surface area contributed by atoms with E-state index in [0.29, 0.717) is 5.76 Å². The molecule has 1 aliphatic carbocycles. The van der Waals surface area contributed by atoms with Crippen molar-refractivity contribution in [1.29, 1.82) is 0 Å². The second-order valence-electron chi connectivity index (χ2n) is 7.60. The van der Waals surface area contributed by atoms with Gasteiger partial charge in [0.05, 0.1) is 12.3 Å². The van der Waals surface area contributed by atoms with Gasteiger partial charge in [0.2, 0.25) is 5.91 Å². The molecule has 3 aromatic rings. The first kappa shape index (κ1) is 18.2. The molecule has 5 rings (SSSR count). The molecule has 0 saturated carbocycles. The van der Waals surface area contributed by atoms with Gasteiger partial charge in [-0.1, -0.05) is 48.5 Å². The highest BCUT2D eigenvalue weighted by atomic mass is 16.3. The quantitative estimate of drug-likeness (QED) is 0.658. The predicted octanol–water partition coefficient (Wildman–Crippen LogP) is 2.93. The highest BCUT2D eigenvalue weighted by Gasteiger charge is 2.51. The molecule has 7 nitrogen and oxygen atoms in total. The lowest BCUT2D eigenvalue weighted by atomic mass is 9.99. The van der Waals surface area contributed by atoms with Crippen LogP contribution in [0, 0.1) is 0 Å². The topological polar surface area (TPSA) is 91.7 Å². The Bertz CT molecular complexity index is 1130. The van der Waals surface area contributed by atoms with Crippen LogP contribution in [0.5, 0.6) is 0 Å². The number of hydrogen-bond donors (Lipinski definition) is 2. The number of urea groups is 1. The molecule has 1 aromatic heterocycles. The van der Waals surface area contributed by atoms with Crippen molar-refractivity contribution >= 4 is 17.8 Å². The Morgan fingerprint density at radius 3 is 2.27 bits per heavy atom. The van der Waals surface area contributed by atoms with Crippen LogP contribution in [0.2, 0.25) is 0 Å². The van der Waals surface area contributed by atoms with Gasteiger partial charge in [0.25, 0.3) is 5.91 Å². The number of imide groups is 1. The molecular formula is C23H19N3O4. The van der Waals surface area contributed by atoms with E-state index in [4.69, 9.17) is 4.42 Å². The summed E-state index contributed by atoms with van der Waals surface area (Å²) in [6.07, 6.45) is 1.43. The smallest absolute Gasteiger partial charge is 0.325 e. The van der Waals surface area contributed by atoms with E-state index in [9.17, 15) is 14.4 Å². The lowest BCUT2D eigenvalue weighted by Crippen LogP contribution is -2.43. The second kappa shape index (κ2) is 6.59. The molecule has 0 unspecified atom stereocenters. The summed E-state index contributed by atoms with van der Waals surface area (Å²) in [6.45, 7) is 1.19. The van der Waals surface area contributed by atoms with E-state index in [1.54, 1.807) is 19.1 Å². The highest BCUT2D eigenvalue weighted by molar-refractivity contribution is 6.09. The molecule has 150 valence electrons. The van der Waals surface area contributed by atoms with E-state index >= 15 is 0 Å². The molecule has 1 saturated heterocycles. The van der Waals surface area contributed by atoms with E-state index in [-0.39, 0.29) is 12.6 Å². The number of amides is 4. The normalized spacial score (nSPS) is 20.1. The predicted molar refractivity (Wildman–Crippen MR) is 108 cm³/mol. The summed E-state index contributed by atoms with van der Waals surface area (Å²) in [7, 11) is 0. The van der Waals surface area contributed by atoms with Crippen LogP contribution >= 0.6 is 0 Å². The van der Waals surface area contributed by atoms with Crippen molar-refractivity contribution < 1.29 is 18.8 Å². The van der Waals surface area contributed by atoms with Crippen molar-refractivity contribution in [1.82, 2.24) is 15.5 Å². The van der Waals surface area contributed by atoms with Gasteiger partial charge in [0, 0.05) is 0 Å². The van der Waals surface area contributed by atoms with Crippen LogP contribution in [0.25, 0.3) is 11.1 Å². The average Bonchev–Trinajstić information content (AvgIpc) is 3.44. The molecule has 0 bridgehead atoms. The van der Waals surface area contributed by atoms with Crippen LogP contribution in [0.15, 0.2) is 71.3 Å². The second-order valence-corrected chi connectivity index (χ2v) is 7.60. The summed E-state index contributed by atoms with van der Waals surface area (Å²) in [5, 5.41) is 5.61. The van der Waals surface area contributed by atoms with Crippen molar-refractivity contribution in [3.63, 3.8) is 0 Å². The Labute approximate surface area is 172 Å². The van der Waals surface area contributed by atoms with Gasteiger partial charge in [-0.15, -0.1) is 0 Å². The first-order valence-corrected chi connectivity index (χ1v) is 9.65. The van der Waals surface area contributed by atoms with E-state index in [2.05, 4.69) is 10.6 Å². The first-order chi connectivity index (χ1) is 14.5. The summed E-state index contributed by atoms with van der Waals surface area (Å²) < 4.78 is 5.32. The number of carbonyl (C=O) groups excluding carboxylic acids is 3. The fourth-order valence-corrected chi connectivity index (χ4v) is 4.23. The molecule has 1 fully saturated rings. The third-order valence-corrected chi connectivity index (χ3v) is 5.73. The minimum Gasteiger partial charge on any atom is -0.466 e. The van der Waals surface area contributed by atoms with Gasteiger partial charge in [0.1, 0.15) is 12.3 Å². The van der Waals surface area contributed by atoms with Crippen molar-refractivity contribution in [2.75, 3.05) is 6.54 Å². The van der Waals surface area contributed by atoms with Crippen molar-refractivity contribution in [2.24, 2.45) is 0 Å². The first-order valence-electron chi connectivity index (χ1n) is 9.65. The SMILES string of the molecule is C[C@@]1(c2ccco2)NC(=O)N(CC(=O)NC2c3ccccc3-c3ccccc32)C1=O. The van der Waals surface area contributed by atoms with Gasteiger partial charge >= 0.3 is 6.03 Å². The Morgan fingerprint density at radius 1 is 1.03 bits per heavy atom. The van der Waals surface area contributed by atoms with Gasteiger partial charge in [-0.2, -0.15) is 0 Å². The van der Waals surface area contributed by atoms with Crippen LogP contribution in [0.3, 0.4) is 0 Å². The Morgan fingerprint density at radius 2 is 1.67 bits per heavy atom. The zero-order chi connectivity index (χ0) is 20.9. The summed E-state index contributed by atoms with van der Waals surface area (Å²) in [4.78, 5) is 39.1. The van der Waals surface area contributed by atoms with E-state index in [1.807, 2.05) is 48.5 Å². The fourth-order valence-electron chi connectivity index (χ4n) is 4.23. The summed E-state index contributed by atoms with van der Waals surface area (Å²) in [6, 6.07) is 18.1. The molecule has 2 heterocycles. The van der Waals surface area contributed by atoms with Gasteiger partial charge in [0.15, 0.2) is 5.54 Å². The number of rotatable bonds is 4. The number of nitrogens with zero attached hydrogens (tertiary/aromatic N) is 1. The Kier molecular flexibility index (Phi) is 3.99. The molecule has 30 heavy (non-hydrogen) atoms. The molecule has 7 heteroatoms. The molecule has 1 atom stereocenters. The number of furan rings is 1. The van der Waals surface area contributed by atoms with Gasteiger partial charge in [-0.05, 0) is 41.3 Å². The molecule has 2 aliphatic rings. The number of benzene rings is 2. The monoisotopic (exact) mass is 401 g/mol. The number of hydrogen-bond acceptors (Lipinski definition) is 4. The van der Waals surface area contributed by atoms with Crippen LogP contribution in [-0.2, 0) is 15.1 Å². The van der Waals surface area contributed by atoms with Crippen LogP contribution in [0.4, 0.5) is 4.79 Å². The maximum absolute atomic E-state index is 12.9. The third kappa shape index (κ3) is 2.62. The van der Waals surface area contributed by atoms with Gasteiger partial charge in [-0.25, -0.2) is 4.79 Å². The number of nitrogens with one attached hydrogen (secondary N) is 2. The van der Waals surface area contributed by atoms with E-state index in [1.165, 1.54) is 6.26 Å². The minimum absolute atomic E-state index is 0.322. The largest absolute Gasteiger partial charge is 0.466 e. The summed E-state index contributed by atoms with van der Waals surface area (Å²) in [5.41, 5.74) is 2.79. The molecule has 4 amide bonds. The lowest BCUT2D eigenvalue weighted by molar-refractivity contribution is -0.135. The number of carbonyl (C=O) groups is 3. The maximum Gasteiger partial charge on any atom is 0.325 e. The summed E-state index contributed by atoms with van der Waals surface area (Å²) in [5.74, 6) is -0.620. The zero-order valence-electron chi connectivity index (χ0n) is 16.2. The van der Waals surface area contributed by atoms with E-state index < -0.39 is 23.4 Å². The average molecular weight is 401 g/mol. The molecule has 2 N–H and O–H groups in total. The van der Waals surface area contributed by atoms with E-state index in [0.717, 1.165) is 27.2 Å². The molecule has 2 aromatic carbocycles. The third-order valence-electron chi connectivity index (χ3n) is 5.73. The molecular weight excluding hydrogens is 382 g/mol. The van der Waals surface area contributed by atoms with Crippen molar-refractivity contribution in [3.05, 3.63) is 83.8 Å². The van der Waals surface area contributed by atoms with Crippen molar-refractivity contribution in [2.45, 2.75) is 18.5 Å². The minimum atomic E-state index is -1.33.